The average Bonchev–Trinajstić information content (AvgIpc) is 3.10. The number of ether oxygens (including phenoxy) is 3. The van der Waals surface area contributed by atoms with Crippen molar-refractivity contribution in [2.45, 2.75) is 13.5 Å². The minimum absolute atomic E-state index is 0.278. The lowest BCUT2D eigenvalue weighted by Gasteiger charge is -2.15. The number of carbonyl (C=O) groups excluding carboxylic acids is 1. The van der Waals surface area contributed by atoms with Crippen molar-refractivity contribution in [2.24, 2.45) is 0 Å². The molecule has 0 fully saturated rings. The van der Waals surface area contributed by atoms with Crippen LogP contribution < -0.4 is 9.47 Å². The van der Waals surface area contributed by atoms with E-state index in [1.165, 1.54) is 0 Å². The van der Waals surface area contributed by atoms with E-state index in [2.05, 4.69) is 17.1 Å². The third kappa shape index (κ3) is 2.70. The molecule has 0 bridgehead atoms. The summed E-state index contributed by atoms with van der Waals surface area (Å²) in [5.74, 6) is 0.966. The maximum Gasteiger partial charge on any atom is 0.339 e. The van der Waals surface area contributed by atoms with Crippen LogP contribution in [0.3, 0.4) is 0 Å². The van der Waals surface area contributed by atoms with Crippen molar-refractivity contribution in [3.63, 3.8) is 0 Å². The number of benzene rings is 3. The molecule has 0 unspecified atom stereocenters. The number of fused-ring (bicyclic) bond motifs is 3. The molecule has 0 atom stereocenters. The highest BCUT2D eigenvalue weighted by molar-refractivity contribution is 6.12. The van der Waals surface area contributed by atoms with Gasteiger partial charge in [-0.1, -0.05) is 12.1 Å². The summed E-state index contributed by atoms with van der Waals surface area (Å²) >= 11 is 0. The van der Waals surface area contributed by atoms with E-state index in [0.29, 0.717) is 17.1 Å². The molecule has 1 aliphatic heterocycles. The third-order valence-corrected chi connectivity index (χ3v) is 5.41. The molecule has 0 radical (unpaired) electrons. The molecule has 0 aliphatic carbocycles. The standard InChI is InChI=1S/C24H19NO4/c1-13-4-5-14-8-15(6-7-19(14)25-13)22-18-11-21(28-3)20(27-2)10-16(18)9-17-12-29-24(26)23(17)22/h4-11H,12H2,1-3H3. The smallest absolute Gasteiger partial charge is 0.339 e. The van der Waals surface area contributed by atoms with Crippen LogP contribution in [0.1, 0.15) is 21.6 Å². The number of carbonyl (C=O) groups is 1. The maximum atomic E-state index is 12.6. The minimum atomic E-state index is -0.297. The Labute approximate surface area is 167 Å². The van der Waals surface area contributed by atoms with Gasteiger partial charge in [-0.15, -0.1) is 0 Å². The Morgan fingerprint density at radius 2 is 1.69 bits per heavy atom. The zero-order chi connectivity index (χ0) is 20.1. The molecule has 1 aliphatic rings. The predicted molar refractivity (Wildman–Crippen MR) is 112 cm³/mol. The first-order chi connectivity index (χ1) is 14.1. The lowest BCUT2D eigenvalue weighted by Crippen LogP contribution is -2.00. The van der Waals surface area contributed by atoms with E-state index in [1.807, 2.05) is 43.3 Å². The normalized spacial score (nSPS) is 12.9. The highest BCUT2D eigenvalue weighted by atomic mass is 16.5. The molecule has 29 heavy (non-hydrogen) atoms. The monoisotopic (exact) mass is 385 g/mol. The van der Waals surface area contributed by atoms with E-state index in [0.717, 1.165) is 44.1 Å². The molecule has 0 amide bonds. The second kappa shape index (κ2) is 6.48. The van der Waals surface area contributed by atoms with Crippen LogP contribution >= 0.6 is 0 Å². The highest BCUT2D eigenvalue weighted by Gasteiger charge is 2.28. The minimum Gasteiger partial charge on any atom is -0.493 e. The Morgan fingerprint density at radius 1 is 0.897 bits per heavy atom. The van der Waals surface area contributed by atoms with Crippen LogP contribution in [0.5, 0.6) is 11.5 Å². The first kappa shape index (κ1) is 17.5. The van der Waals surface area contributed by atoms with Gasteiger partial charge in [-0.25, -0.2) is 4.79 Å². The number of nitrogens with zero attached hydrogens (tertiary/aromatic N) is 1. The number of aryl methyl sites for hydroxylation is 1. The fourth-order valence-electron chi connectivity index (χ4n) is 4.03. The number of esters is 1. The van der Waals surface area contributed by atoms with E-state index < -0.39 is 0 Å². The molecule has 4 aromatic rings. The SMILES string of the molecule is COc1cc2cc3c(c(-c4ccc5nc(C)ccc5c4)c2cc1OC)C(=O)OC3. The molecule has 2 heterocycles. The largest absolute Gasteiger partial charge is 0.493 e. The maximum absolute atomic E-state index is 12.6. The van der Waals surface area contributed by atoms with Gasteiger partial charge in [-0.05, 0) is 59.7 Å². The molecule has 0 spiro atoms. The van der Waals surface area contributed by atoms with Gasteiger partial charge in [0.25, 0.3) is 0 Å². The summed E-state index contributed by atoms with van der Waals surface area (Å²) in [6, 6.07) is 16.0. The van der Waals surface area contributed by atoms with Crippen LogP contribution in [0.2, 0.25) is 0 Å². The van der Waals surface area contributed by atoms with Gasteiger partial charge in [0.15, 0.2) is 11.5 Å². The first-order valence-corrected chi connectivity index (χ1v) is 9.35. The number of cyclic esters (lactones) is 1. The van der Waals surface area contributed by atoms with Gasteiger partial charge in [-0.3, -0.25) is 4.98 Å². The average molecular weight is 385 g/mol. The van der Waals surface area contributed by atoms with Gasteiger partial charge >= 0.3 is 5.97 Å². The van der Waals surface area contributed by atoms with Gasteiger partial charge < -0.3 is 14.2 Å². The van der Waals surface area contributed by atoms with Crippen LogP contribution in [0.15, 0.2) is 48.5 Å². The highest BCUT2D eigenvalue weighted by Crippen LogP contribution is 2.42. The van der Waals surface area contributed by atoms with Crippen LogP contribution in [0, 0.1) is 6.92 Å². The Bertz CT molecular complexity index is 1310. The topological polar surface area (TPSA) is 57.7 Å². The zero-order valence-electron chi connectivity index (χ0n) is 16.4. The number of methoxy groups -OCH3 is 2. The molecule has 1 aromatic heterocycles. The van der Waals surface area contributed by atoms with Gasteiger partial charge in [0.05, 0.1) is 25.3 Å². The number of hydrogen-bond donors (Lipinski definition) is 0. The van der Waals surface area contributed by atoms with E-state index in [4.69, 9.17) is 14.2 Å². The fourth-order valence-corrected chi connectivity index (χ4v) is 4.03. The summed E-state index contributed by atoms with van der Waals surface area (Å²) in [6.07, 6.45) is 0. The lowest BCUT2D eigenvalue weighted by atomic mass is 9.89. The third-order valence-electron chi connectivity index (χ3n) is 5.41. The van der Waals surface area contributed by atoms with Crippen molar-refractivity contribution in [3.8, 4) is 22.6 Å². The van der Waals surface area contributed by atoms with E-state index >= 15 is 0 Å². The molecule has 0 saturated heterocycles. The van der Waals surface area contributed by atoms with Crippen molar-refractivity contribution in [2.75, 3.05) is 14.2 Å². The summed E-state index contributed by atoms with van der Waals surface area (Å²) in [5, 5.41) is 2.90. The van der Waals surface area contributed by atoms with Crippen molar-refractivity contribution in [3.05, 3.63) is 65.4 Å². The van der Waals surface area contributed by atoms with Gasteiger partial charge in [0.1, 0.15) is 6.61 Å². The van der Waals surface area contributed by atoms with Gasteiger partial charge in [-0.2, -0.15) is 0 Å². The molecule has 0 N–H and O–H groups in total. The van der Waals surface area contributed by atoms with Crippen LogP contribution in [0.4, 0.5) is 0 Å². The van der Waals surface area contributed by atoms with Crippen LogP contribution in [-0.2, 0) is 11.3 Å². The summed E-state index contributed by atoms with van der Waals surface area (Å²) < 4.78 is 16.3. The van der Waals surface area contributed by atoms with Crippen molar-refractivity contribution in [1.29, 1.82) is 0 Å². The number of pyridine rings is 1. The number of aromatic nitrogens is 1. The second-order valence-corrected chi connectivity index (χ2v) is 7.15. The molecule has 0 saturated carbocycles. The molecule has 5 heteroatoms. The first-order valence-electron chi connectivity index (χ1n) is 9.35. The molecule has 3 aromatic carbocycles. The number of rotatable bonds is 3. The van der Waals surface area contributed by atoms with Crippen LogP contribution in [-0.4, -0.2) is 25.2 Å². The van der Waals surface area contributed by atoms with Crippen LogP contribution in [0.25, 0.3) is 32.8 Å². The molecule has 144 valence electrons. The summed E-state index contributed by atoms with van der Waals surface area (Å²) in [6.45, 7) is 2.25. The fraction of sp³-hybridized carbons (Fsp3) is 0.167. The Hall–Kier alpha value is -3.60. The summed E-state index contributed by atoms with van der Waals surface area (Å²) in [5.41, 5.74) is 5.18. The zero-order valence-corrected chi connectivity index (χ0v) is 16.4. The lowest BCUT2D eigenvalue weighted by molar-refractivity contribution is 0.0535. The Kier molecular flexibility index (Phi) is 3.91. The summed E-state index contributed by atoms with van der Waals surface area (Å²) in [4.78, 5) is 17.2. The van der Waals surface area contributed by atoms with Crippen molar-refractivity contribution in [1.82, 2.24) is 4.98 Å². The second-order valence-electron chi connectivity index (χ2n) is 7.15. The van der Waals surface area contributed by atoms with E-state index in [-0.39, 0.29) is 12.6 Å². The Morgan fingerprint density at radius 3 is 2.48 bits per heavy atom. The van der Waals surface area contributed by atoms with Gasteiger partial charge in [0, 0.05) is 22.2 Å². The Balaban J connectivity index is 1.87. The molecular weight excluding hydrogens is 366 g/mol. The van der Waals surface area contributed by atoms with E-state index in [1.54, 1.807) is 14.2 Å². The number of hydrogen-bond acceptors (Lipinski definition) is 5. The van der Waals surface area contributed by atoms with Crippen molar-refractivity contribution < 1.29 is 19.0 Å². The molecular formula is C24H19NO4. The molecule has 5 nitrogen and oxygen atoms in total. The van der Waals surface area contributed by atoms with E-state index in [9.17, 15) is 4.79 Å². The predicted octanol–water partition coefficient (Wildman–Crippen LogP) is 5.05. The quantitative estimate of drug-likeness (QED) is 0.462. The van der Waals surface area contributed by atoms with Gasteiger partial charge in [0.2, 0.25) is 0 Å². The summed E-state index contributed by atoms with van der Waals surface area (Å²) in [7, 11) is 3.22. The molecule has 5 rings (SSSR count). The van der Waals surface area contributed by atoms with Crippen molar-refractivity contribution >= 4 is 27.6 Å².